The van der Waals surface area contributed by atoms with Gasteiger partial charge in [-0.05, 0) is 45.7 Å². The van der Waals surface area contributed by atoms with E-state index >= 15 is 0 Å². The number of hydrogen-bond donors (Lipinski definition) is 1. The second-order valence-electron chi connectivity index (χ2n) is 6.09. The standard InChI is InChI=1S/C16H25N3O2/c1-12(2)18(11-14-8-4-5-10-17-14)16-13(3)7-6-9-15(16)19(20)21/h6-7,9,12,14,17H,4-5,8,10-11H2,1-3H3. The van der Waals surface area contributed by atoms with Gasteiger partial charge in [0.25, 0.3) is 5.69 Å². The Kier molecular flexibility index (Phi) is 5.17. The van der Waals surface area contributed by atoms with E-state index in [4.69, 9.17) is 0 Å². The molecule has 1 aliphatic rings. The Morgan fingerprint density at radius 3 is 2.76 bits per heavy atom. The first-order chi connectivity index (χ1) is 10.0. The van der Waals surface area contributed by atoms with Gasteiger partial charge in [-0.2, -0.15) is 0 Å². The molecule has 0 aromatic heterocycles. The van der Waals surface area contributed by atoms with Crippen LogP contribution >= 0.6 is 0 Å². The Labute approximate surface area is 126 Å². The van der Waals surface area contributed by atoms with Crippen molar-refractivity contribution in [3.8, 4) is 0 Å². The number of rotatable bonds is 5. The van der Waals surface area contributed by atoms with Crippen LogP contribution in [0, 0.1) is 17.0 Å². The number of nitro groups is 1. The molecule has 1 unspecified atom stereocenters. The van der Waals surface area contributed by atoms with Crippen molar-refractivity contribution in [1.29, 1.82) is 0 Å². The molecule has 1 saturated heterocycles. The summed E-state index contributed by atoms with van der Waals surface area (Å²) in [5.74, 6) is 0. The second-order valence-corrected chi connectivity index (χ2v) is 6.09. The third-order valence-corrected chi connectivity index (χ3v) is 4.15. The summed E-state index contributed by atoms with van der Waals surface area (Å²) in [6.07, 6.45) is 3.60. The highest BCUT2D eigenvalue weighted by molar-refractivity contribution is 5.68. The minimum Gasteiger partial charge on any atom is -0.362 e. The normalized spacial score (nSPS) is 18.8. The molecule has 1 fully saturated rings. The van der Waals surface area contributed by atoms with Crippen LogP contribution in [0.5, 0.6) is 0 Å². The first-order valence-electron chi connectivity index (χ1n) is 7.74. The lowest BCUT2D eigenvalue weighted by molar-refractivity contribution is -0.384. The van der Waals surface area contributed by atoms with Gasteiger partial charge in [0.2, 0.25) is 0 Å². The number of nitrogens with one attached hydrogen (secondary N) is 1. The van der Waals surface area contributed by atoms with Gasteiger partial charge in [-0.25, -0.2) is 0 Å². The fraction of sp³-hybridized carbons (Fsp3) is 0.625. The van der Waals surface area contributed by atoms with E-state index in [0.29, 0.717) is 6.04 Å². The lowest BCUT2D eigenvalue weighted by Gasteiger charge is -2.35. The van der Waals surface area contributed by atoms with Gasteiger partial charge in [-0.1, -0.05) is 18.6 Å². The fourth-order valence-corrected chi connectivity index (χ4v) is 3.04. The Balaban J connectivity index is 2.31. The average molecular weight is 291 g/mol. The van der Waals surface area contributed by atoms with Gasteiger partial charge in [-0.3, -0.25) is 10.1 Å². The number of para-hydroxylation sites is 1. The van der Waals surface area contributed by atoms with Gasteiger partial charge in [0.15, 0.2) is 0 Å². The molecule has 1 atom stereocenters. The van der Waals surface area contributed by atoms with Gasteiger partial charge in [0.1, 0.15) is 5.69 Å². The number of piperidine rings is 1. The van der Waals surface area contributed by atoms with Crippen LogP contribution in [0.1, 0.15) is 38.7 Å². The van der Waals surface area contributed by atoms with Crippen molar-refractivity contribution >= 4 is 11.4 Å². The second kappa shape index (κ2) is 6.89. The first-order valence-corrected chi connectivity index (χ1v) is 7.74. The smallest absolute Gasteiger partial charge is 0.292 e. The molecular formula is C16H25N3O2. The zero-order valence-corrected chi connectivity index (χ0v) is 13.1. The van der Waals surface area contributed by atoms with Crippen LogP contribution in [0.2, 0.25) is 0 Å². The summed E-state index contributed by atoms with van der Waals surface area (Å²) in [5, 5.41) is 14.9. The highest BCUT2D eigenvalue weighted by Gasteiger charge is 2.26. The van der Waals surface area contributed by atoms with Gasteiger partial charge in [-0.15, -0.1) is 0 Å². The molecule has 1 N–H and O–H groups in total. The van der Waals surface area contributed by atoms with E-state index in [1.807, 2.05) is 13.0 Å². The molecule has 116 valence electrons. The van der Waals surface area contributed by atoms with Gasteiger partial charge in [0.05, 0.1) is 4.92 Å². The summed E-state index contributed by atoms with van der Waals surface area (Å²) >= 11 is 0. The summed E-state index contributed by atoms with van der Waals surface area (Å²) in [4.78, 5) is 13.3. The van der Waals surface area contributed by atoms with Gasteiger partial charge < -0.3 is 10.2 Å². The van der Waals surface area contributed by atoms with E-state index in [9.17, 15) is 10.1 Å². The molecule has 1 heterocycles. The summed E-state index contributed by atoms with van der Waals surface area (Å²) in [6.45, 7) is 8.01. The molecule has 0 amide bonds. The molecule has 5 heteroatoms. The van der Waals surface area contributed by atoms with E-state index in [-0.39, 0.29) is 16.7 Å². The van der Waals surface area contributed by atoms with E-state index in [2.05, 4.69) is 24.1 Å². The number of hydrogen-bond acceptors (Lipinski definition) is 4. The Morgan fingerprint density at radius 1 is 1.43 bits per heavy atom. The lowest BCUT2D eigenvalue weighted by Crippen LogP contribution is -2.46. The van der Waals surface area contributed by atoms with E-state index in [0.717, 1.165) is 30.8 Å². The van der Waals surface area contributed by atoms with Crippen LogP contribution in [0.4, 0.5) is 11.4 Å². The minimum absolute atomic E-state index is 0.208. The quantitative estimate of drug-likeness (QED) is 0.668. The number of aryl methyl sites for hydroxylation is 1. The van der Waals surface area contributed by atoms with Crippen LogP contribution < -0.4 is 10.2 Å². The number of benzene rings is 1. The van der Waals surface area contributed by atoms with Crippen molar-refractivity contribution in [3.05, 3.63) is 33.9 Å². The maximum atomic E-state index is 11.4. The summed E-state index contributed by atoms with van der Waals surface area (Å²) in [6, 6.07) is 5.96. The molecular weight excluding hydrogens is 266 g/mol. The Morgan fingerprint density at radius 2 is 2.19 bits per heavy atom. The van der Waals surface area contributed by atoms with Gasteiger partial charge in [0, 0.05) is 24.7 Å². The number of anilines is 1. The van der Waals surface area contributed by atoms with Crippen molar-refractivity contribution in [2.24, 2.45) is 0 Å². The molecule has 0 spiro atoms. The molecule has 0 aliphatic carbocycles. The predicted molar refractivity (Wildman–Crippen MR) is 86.0 cm³/mol. The van der Waals surface area contributed by atoms with Crippen LogP contribution in [-0.2, 0) is 0 Å². The Bertz CT molecular complexity index is 496. The van der Waals surface area contributed by atoms with Crippen LogP contribution in [0.3, 0.4) is 0 Å². The third-order valence-electron chi connectivity index (χ3n) is 4.15. The SMILES string of the molecule is Cc1cccc([N+](=O)[O-])c1N(CC1CCCCN1)C(C)C. The van der Waals surface area contributed by atoms with Crippen molar-refractivity contribution in [3.63, 3.8) is 0 Å². The topological polar surface area (TPSA) is 58.4 Å². The van der Waals surface area contributed by atoms with Crippen molar-refractivity contribution in [2.75, 3.05) is 18.0 Å². The maximum absolute atomic E-state index is 11.4. The zero-order valence-electron chi connectivity index (χ0n) is 13.1. The average Bonchev–Trinajstić information content (AvgIpc) is 2.45. The maximum Gasteiger partial charge on any atom is 0.292 e. The van der Waals surface area contributed by atoms with E-state index in [1.165, 1.54) is 12.8 Å². The number of nitrogens with zero attached hydrogens (tertiary/aromatic N) is 2. The zero-order chi connectivity index (χ0) is 15.4. The molecule has 5 nitrogen and oxygen atoms in total. The largest absolute Gasteiger partial charge is 0.362 e. The van der Waals surface area contributed by atoms with Crippen LogP contribution in [-0.4, -0.2) is 30.1 Å². The molecule has 0 radical (unpaired) electrons. The summed E-state index contributed by atoms with van der Waals surface area (Å²) in [5.41, 5.74) is 1.94. The fourth-order valence-electron chi connectivity index (χ4n) is 3.04. The highest BCUT2D eigenvalue weighted by atomic mass is 16.6. The highest BCUT2D eigenvalue weighted by Crippen LogP contribution is 2.33. The first kappa shape index (κ1) is 15.8. The molecule has 1 aliphatic heterocycles. The van der Waals surface area contributed by atoms with Gasteiger partial charge >= 0.3 is 0 Å². The number of nitro benzene ring substituents is 1. The summed E-state index contributed by atoms with van der Waals surface area (Å²) in [7, 11) is 0. The molecule has 2 rings (SSSR count). The van der Waals surface area contributed by atoms with Crippen molar-refractivity contribution in [1.82, 2.24) is 5.32 Å². The molecule has 0 saturated carbocycles. The monoisotopic (exact) mass is 291 g/mol. The summed E-state index contributed by atoms with van der Waals surface area (Å²) < 4.78 is 0. The van der Waals surface area contributed by atoms with E-state index in [1.54, 1.807) is 12.1 Å². The molecule has 0 bridgehead atoms. The van der Waals surface area contributed by atoms with E-state index < -0.39 is 0 Å². The third kappa shape index (κ3) is 3.73. The van der Waals surface area contributed by atoms with Crippen molar-refractivity contribution in [2.45, 2.75) is 52.1 Å². The predicted octanol–water partition coefficient (Wildman–Crippen LogP) is 3.26. The molecule has 1 aromatic carbocycles. The molecule has 21 heavy (non-hydrogen) atoms. The van der Waals surface area contributed by atoms with Crippen LogP contribution in [0.25, 0.3) is 0 Å². The lowest BCUT2D eigenvalue weighted by atomic mass is 10.0. The Hall–Kier alpha value is -1.62. The van der Waals surface area contributed by atoms with Crippen LogP contribution in [0.15, 0.2) is 18.2 Å². The van der Waals surface area contributed by atoms with Crippen molar-refractivity contribution < 1.29 is 4.92 Å². The molecule has 1 aromatic rings. The minimum atomic E-state index is -0.272.